The number of likely N-dealkylation sites (tertiary alicyclic amines) is 1. The molecular weight excluding hydrogens is 398 g/mol. The van der Waals surface area contributed by atoms with Gasteiger partial charge in [0.05, 0.1) is 28.5 Å². The molecule has 26 heavy (non-hydrogen) atoms. The van der Waals surface area contributed by atoms with Gasteiger partial charge in [-0.05, 0) is 40.2 Å². The fraction of sp³-hybridized carbons (Fsp3) is 0.250. The molecule has 6 heteroatoms. The van der Waals surface area contributed by atoms with Crippen molar-refractivity contribution in [3.63, 3.8) is 0 Å². The zero-order valence-corrected chi connectivity index (χ0v) is 15.7. The fourth-order valence-corrected chi connectivity index (χ4v) is 3.78. The fourth-order valence-electron chi connectivity index (χ4n) is 3.42. The number of hydrogen-bond acceptors (Lipinski definition) is 4. The quantitative estimate of drug-likeness (QED) is 0.685. The van der Waals surface area contributed by atoms with Crippen molar-refractivity contribution in [3.8, 4) is 17.2 Å². The molecule has 3 aromatic rings. The first-order valence-corrected chi connectivity index (χ1v) is 9.45. The zero-order chi connectivity index (χ0) is 18.1. The Bertz CT molecular complexity index is 1010. The summed E-state index contributed by atoms with van der Waals surface area (Å²) in [7, 11) is 0. The van der Waals surface area contributed by atoms with E-state index in [-0.39, 0.29) is 16.9 Å². The Morgan fingerprint density at radius 1 is 1.12 bits per heavy atom. The van der Waals surface area contributed by atoms with Crippen molar-refractivity contribution in [1.29, 1.82) is 0 Å². The third-order valence-corrected chi connectivity index (χ3v) is 5.44. The molecule has 1 aliphatic heterocycles. The predicted molar refractivity (Wildman–Crippen MR) is 102 cm³/mol. The van der Waals surface area contributed by atoms with Gasteiger partial charge >= 0.3 is 0 Å². The Morgan fingerprint density at radius 2 is 1.88 bits per heavy atom. The lowest BCUT2D eigenvalue weighted by atomic mass is 10.1. The summed E-state index contributed by atoms with van der Waals surface area (Å²) in [5, 5.41) is 10.7. The molecule has 4 rings (SSSR count). The molecule has 1 saturated heterocycles. The van der Waals surface area contributed by atoms with Crippen LogP contribution >= 0.6 is 15.9 Å². The second kappa shape index (κ2) is 7.13. The molecule has 0 unspecified atom stereocenters. The Kier molecular flexibility index (Phi) is 4.70. The highest BCUT2D eigenvalue weighted by atomic mass is 79.9. The second-order valence-corrected chi connectivity index (χ2v) is 7.39. The first kappa shape index (κ1) is 17.1. The lowest BCUT2D eigenvalue weighted by molar-refractivity contribution is -0.901. The molecule has 1 aromatic heterocycles. The largest absolute Gasteiger partial charge is 0.507 e. The molecule has 0 radical (unpaired) electrons. The molecule has 1 fully saturated rings. The van der Waals surface area contributed by atoms with Crippen LogP contribution in [0.5, 0.6) is 17.2 Å². The maximum Gasteiger partial charge on any atom is 0.235 e. The average molecular weight is 417 g/mol. The number of phenolic OH excluding ortho intramolecular Hbond substituents is 1. The summed E-state index contributed by atoms with van der Waals surface area (Å²) in [6, 6.07) is 10.5. The van der Waals surface area contributed by atoms with E-state index in [2.05, 4.69) is 15.9 Å². The van der Waals surface area contributed by atoms with Crippen LogP contribution in [0.15, 0.2) is 56.3 Å². The highest BCUT2D eigenvalue weighted by Crippen LogP contribution is 2.30. The molecular formula is C20H19BrNO4+. The van der Waals surface area contributed by atoms with Crippen LogP contribution in [0.1, 0.15) is 18.4 Å². The molecule has 0 bridgehead atoms. The summed E-state index contributed by atoms with van der Waals surface area (Å²) in [6.45, 7) is 2.79. The highest BCUT2D eigenvalue weighted by molar-refractivity contribution is 9.10. The minimum atomic E-state index is -0.250. The van der Waals surface area contributed by atoms with E-state index in [4.69, 9.17) is 9.15 Å². The van der Waals surface area contributed by atoms with Gasteiger partial charge in [-0.3, -0.25) is 4.79 Å². The van der Waals surface area contributed by atoms with E-state index < -0.39 is 0 Å². The maximum atomic E-state index is 12.9. The number of nitrogens with one attached hydrogen (secondary N) is 1. The van der Waals surface area contributed by atoms with Gasteiger partial charge in [-0.25, -0.2) is 0 Å². The van der Waals surface area contributed by atoms with Crippen LogP contribution in [0.3, 0.4) is 0 Å². The number of rotatable bonds is 4. The van der Waals surface area contributed by atoms with Crippen LogP contribution in [0, 0.1) is 0 Å². The molecule has 2 aromatic carbocycles. The molecule has 5 nitrogen and oxygen atoms in total. The first-order valence-electron chi connectivity index (χ1n) is 8.66. The van der Waals surface area contributed by atoms with Crippen LogP contribution in [0.2, 0.25) is 0 Å². The summed E-state index contributed by atoms with van der Waals surface area (Å²) >= 11 is 3.40. The summed E-state index contributed by atoms with van der Waals surface area (Å²) in [4.78, 5) is 14.2. The third-order valence-electron chi connectivity index (χ3n) is 4.78. The van der Waals surface area contributed by atoms with Gasteiger partial charge in [-0.15, -0.1) is 0 Å². The number of ether oxygens (including phenoxy) is 1. The van der Waals surface area contributed by atoms with Gasteiger partial charge in [0.1, 0.15) is 24.3 Å². The van der Waals surface area contributed by atoms with Crippen molar-refractivity contribution in [2.45, 2.75) is 19.4 Å². The minimum Gasteiger partial charge on any atom is -0.507 e. The molecule has 0 atom stereocenters. The summed E-state index contributed by atoms with van der Waals surface area (Å²) in [6.07, 6.45) is 3.70. The van der Waals surface area contributed by atoms with Crippen LogP contribution in [0.25, 0.3) is 11.0 Å². The van der Waals surface area contributed by atoms with E-state index in [1.165, 1.54) is 24.0 Å². The molecule has 134 valence electrons. The molecule has 2 N–H and O–H groups in total. The number of phenols is 1. The van der Waals surface area contributed by atoms with E-state index in [1.54, 1.807) is 18.2 Å². The third kappa shape index (κ3) is 3.22. The molecule has 2 heterocycles. The van der Waals surface area contributed by atoms with Crippen molar-refractivity contribution < 1.29 is 19.2 Å². The standard InChI is InChI=1S/C20H18BrNO4/c21-15-5-1-2-6-17(15)26-18-12-25-20-13(19(18)24)7-8-16(23)14(20)11-22-9-3-4-10-22/h1-2,5-8,12,23H,3-4,9-11H2/p+1. The van der Waals surface area contributed by atoms with E-state index >= 15 is 0 Å². The van der Waals surface area contributed by atoms with Gasteiger partial charge in [0.15, 0.2) is 5.58 Å². The molecule has 0 aliphatic carbocycles. The molecule has 1 aliphatic rings. The van der Waals surface area contributed by atoms with E-state index in [9.17, 15) is 9.90 Å². The lowest BCUT2D eigenvalue weighted by Gasteiger charge is -2.14. The zero-order valence-electron chi connectivity index (χ0n) is 14.1. The van der Waals surface area contributed by atoms with Crippen molar-refractivity contribution >= 4 is 26.9 Å². The summed E-state index contributed by atoms with van der Waals surface area (Å²) in [5.41, 5.74) is 0.873. The lowest BCUT2D eigenvalue weighted by Crippen LogP contribution is -3.08. The van der Waals surface area contributed by atoms with Gasteiger partial charge in [0.2, 0.25) is 11.2 Å². The molecule has 0 amide bonds. The SMILES string of the molecule is O=c1c(Oc2ccccc2Br)coc2c(C[NH+]3CCCC3)c(O)ccc12. The van der Waals surface area contributed by atoms with Crippen molar-refractivity contribution in [3.05, 3.63) is 62.9 Å². The number of aromatic hydroxyl groups is 1. The predicted octanol–water partition coefficient (Wildman–Crippen LogP) is 3.23. The van der Waals surface area contributed by atoms with Crippen molar-refractivity contribution in [1.82, 2.24) is 0 Å². The second-order valence-electron chi connectivity index (χ2n) is 6.54. The van der Waals surface area contributed by atoms with Crippen LogP contribution in [-0.4, -0.2) is 18.2 Å². The Balaban J connectivity index is 1.75. The number of benzene rings is 2. The van der Waals surface area contributed by atoms with E-state index in [0.29, 0.717) is 28.8 Å². The van der Waals surface area contributed by atoms with E-state index in [0.717, 1.165) is 17.6 Å². The smallest absolute Gasteiger partial charge is 0.235 e. The average Bonchev–Trinajstić information content (AvgIpc) is 3.15. The van der Waals surface area contributed by atoms with Gasteiger partial charge in [0, 0.05) is 12.8 Å². The number of halogens is 1. The Morgan fingerprint density at radius 3 is 2.65 bits per heavy atom. The molecule has 0 spiro atoms. The highest BCUT2D eigenvalue weighted by Gasteiger charge is 2.22. The van der Waals surface area contributed by atoms with Gasteiger partial charge in [0.25, 0.3) is 0 Å². The van der Waals surface area contributed by atoms with Crippen LogP contribution in [-0.2, 0) is 6.54 Å². The Labute approximate surface area is 158 Å². The van der Waals surface area contributed by atoms with Crippen molar-refractivity contribution in [2.75, 3.05) is 13.1 Å². The number of fused-ring (bicyclic) bond motifs is 1. The van der Waals surface area contributed by atoms with E-state index in [1.807, 2.05) is 18.2 Å². The number of hydrogen-bond donors (Lipinski definition) is 2. The topological polar surface area (TPSA) is 64.1 Å². The summed E-state index contributed by atoms with van der Waals surface area (Å²) in [5.74, 6) is 0.828. The van der Waals surface area contributed by atoms with Crippen molar-refractivity contribution in [2.24, 2.45) is 0 Å². The van der Waals surface area contributed by atoms with Crippen LogP contribution in [0.4, 0.5) is 0 Å². The number of para-hydroxylation sites is 1. The number of quaternary nitrogens is 1. The Hall–Kier alpha value is -2.31. The van der Waals surface area contributed by atoms with Gasteiger partial charge in [-0.2, -0.15) is 0 Å². The van der Waals surface area contributed by atoms with Gasteiger partial charge in [-0.1, -0.05) is 12.1 Å². The van der Waals surface area contributed by atoms with Gasteiger partial charge < -0.3 is 19.2 Å². The first-order chi connectivity index (χ1) is 12.6. The normalized spacial score (nSPS) is 14.8. The van der Waals surface area contributed by atoms with Crippen LogP contribution < -0.4 is 15.1 Å². The minimum absolute atomic E-state index is 0.120. The summed E-state index contributed by atoms with van der Waals surface area (Å²) < 4.78 is 12.2. The monoisotopic (exact) mass is 416 g/mol. The maximum absolute atomic E-state index is 12.9. The molecule has 0 saturated carbocycles.